The van der Waals surface area contributed by atoms with Crippen molar-refractivity contribution in [2.24, 2.45) is 0 Å². The van der Waals surface area contributed by atoms with Gasteiger partial charge in [0.2, 0.25) is 0 Å². The molecule has 58 valence electrons. The lowest BCUT2D eigenvalue weighted by atomic mass is 10.1. The fourth-order valence-corrected chi connectivity index (χ4v) is 1.27. The lowest BCUT2D eigenvalue weighted by Crippen LogP contribution is -1.82. The zero-order valence-electron chi connectivity index (χ0n) is 6.49. The summed E-state index contributed by atoms with van der Waals surface area (Å²) in [4.78, 5) is 4.01. The molecule has 2 nitrogen and oxygen atoms in total. The first-order valence-corrected chi connectivity index (χ1v) is 3.75. The van der Waals surface area contributed by atoms with E-state index in [0.29, 0.717) is 0 Å². The average Bonchev–Trinajstić information content (AvgIpc) is 2.17. The third-order valence-corrected chi connectivity index (χ3v) is 1.87. The molecule has 0 saturated carbocycles. The maximum atomic E-state index is 7.18. The molecule has 12 heavy (non-hydrogen) atoms. The minimum atomic E-state index is 0.940. The molecule has 1 aromatic carbocycles. The Kier molecular flexibility index (Phi) is 1.59. The van der Waals surface area contributed by atoms with Gasteiger partial charge in [-0.15, -0.1) is 0 Å². The Morgan fingerprint density at radius 2 is 2.17 bits per heavy atom. The Morgan fingerprint density at radius 1 is 1.25 bits per heavy atom. The molecular weight excluding hydrogens is 148 g/mol. The van der Waals surface area contributed by atoms with Crippen LogP contribution in [0.3, 0.4) is 0 Å². The Hall–Kier alpha value is -1.70. The van der Waals surface area contributed by atoms with Crippen LogP contribution in [0.4, 0.5) is 0 Å². The number of hydrogen-bond acceptors (Lipinski definition) is 2. The maximum Gasteiger partial charge on any atom is 0.0346 e. The van der Waals surface area contributed by atoms with Gasteiger partial charge in [-0.25, -0.2) is 0 Å². The largest absolute Gasteiger partial charge is 0.308 e. The van der Waals surface area contributed by atoms with Crippen LogP contribution in [0.25, 0.3) is 10.8 Å². The molecule has 0 unspecified atom stereocenters. The summed E-state index contributed by atoms with van der Waals surface area (Å²) in [6, 6.07) is 7.78. The highest BCUT2D eigenvalue weighted by Gasteiger charge is 1.95. The second-order valence-corrected chi connectivity index (χ2v) is 2.59. The van der Waals surface area contributed by atoms with E-state index in [1.807, 2.05) is 30.5 Å². The van der Waals surface area contributed by atoms with Gasteiger partial charge < -0.3 is 5.41 Å². The van der Waals surface area contributed by atoms with E-state index >= 15 is 0 Å². The van der Waals surface area contributed by atoms with Gasteiger partial charge in [0.05, 0.1) is 0 Å². The minimum Gasteiger partial charge on any atom is -0.308 e. The molecule has 1 aromatic heterocycles. The van der Waals surface area contributed by atoms with Crippen LogP contribution < -0.4 is 0 Å². The molecule has 2 rings (SSSR count). The van der Waals surface area contributed by atoms with Gasteiger partial charge in [0.25, 0.3) is 0 Å². The molecule has 1 heterocycles. The zero-order valence-corrected chi connectivity index (χ0v) is 6.49. The number of pyridine rings is 1. The van der Waals surface area contributed by atoms with Gasteiger partial charge in [-0.05, 0) is 17.0 Å². The summed E-state index contributed by atoms with van der Waals surface area (Å²) < 4.78 is 0. The van der Waals surface area contributed by atoms with Crippen LogP contribution in [-0.4, -0.2) is 11.2 Å². The van der Waals surface area contributed by atoms with Crippen molar-refractivity contribution in [3.8, 4) is 0 Å². The predicted octanol–water partition coefficient (Wildman–Crippen LogP) is 2.23. The molecule has 0 spiro atoms. The van der Waals surface area contributed by atoms with E-state index in [4.69, 9.17) is 5.41 Å². The van der Waals surface area contributed by atoms with E-state index in [2.05, 4.69) is 4.98 Å². The Morgan fingerprint density at radius 3 is 3.00 bits per heavy atom. The molecule has 0 radical (unpaired) electrons. The molecule has 0 fully saturated rings. The topological polar surface area (TPSA) is 36.7 Å². The van der Waals surface area contributed by atoms with Crippen LogP contribution in [0.1, 0.15) is 5.56 Å². The molecule has 0 amide bonds. The maximum absolute atomic E-state index is 7.18. The Labute approximate surface area is 70.4 Å². The summed E-state index contributed by atoms with van der Waals surface area (Å²) in [5.41, 5.74) is 0.940. The number of aromatic nitrogens is 1. The Bertz CT molecular complexity index is 416. The van der Waals surface area contributed by atoms with E-state index < -0.39 is 0 Å². The van der Waals surface area contributed by atoms with Gasteiger partial charge in [0.1, 0.15) is 0 Å². The van der Waals surface area contributed by atoms with Crippen molar-refractivity contribution in [3.63, 3.8) is 0 Å². The van der Waals surface area contributed by atoms with Gasteiger partial charge in [-0.1, -0.05) is 18.2 Å². The summed E-state index contributed by atoms with van der Waals surface area (Å²) in [5.74, 6) is 0. The first kappa shape index (κ1) is 6.98. The highest BCUT2D eigenvalue weighted by Crippen LogP contribution is 2.14. The first-order valence-electron chi connectivity index (χ1n) is 3.75. The van der Waals surface area contributed by atoms with E-state index in [1.165, 1.54) is 6.21 Å². The minimum absolute atomic E-state index is 0.940. The average molecular weight is 156 g/mol. The standard InChI is InChI=1S/C10H8N2/c11-6-8-2-1-3-9-7-12-5-4-10(8)9/h1-7,11H. The van der Waals surface area contributed by atoms with Crippen molar-refractivity contribution in [1.82, 2.24) is 4.98 Å². The summed E-state index contributed by atoms with van der Waals surface area (Å²) in [6.45, 7) is 0. The number of benzene rings is 1. The number of nitrogens with one attached hydrogen (secondary N) is 1. The van der Waals surface area contributed by atoms with Gasteiger partial charge in [-0.3, -0.25) is 4.98 Å². The molecule has 2 heteroatoms. The van der Waals surface area contributed by atoms with Gasteiger partial charge in [0.15, 0.2) is 0 Å². The smallest absolute Gasteiger partial charge is 0.0346 e. The van der Waals surface area contributed by atoms with Crippen LogP contribution in [0.15, 0.2) is 36.7 Å². The van der Waals surface area contributed by atoms with Gasteiger partial charge in [0, 0.05) is 24.0 Å². The number of rotatable bonds is 1. The number of hydrogen-bond donors (Lipinski definition) is 1. The number of nitrogens with zero attached hydrogens (tertiary/aromatic N) is 1. The molecule has 0 aliphatic carbocycles. The summed E-state index contributed by atoms with van der Waals surface area (Å²) >= 11 is 0. The lowest BCUT2D eigenvalue weighted by molar-refractivity contribution is 1.36. The van der Waals surface area contributed by atoms with Crippen molar-refractivity contribution in [1.29, 1.82) is 5.41 Å². The number of fused-ring (bicyclic) bond motifs is 1. The third-order valence-electron chi connectivity index (χ3n) is 1.87. The monoisotopic (exact) mass is 156 g/mol. The second kappa shape index (κ2) is 2.74. The molecule has 0 bridgehead atoms. The van der Waals surface area contributed by atoms with Crippen LogP contribution in [-0.2, 0) is 0 Å². The van der Waals surface area contributed by atoms with Crippen LogP contribution in [0.5, 0.6) is 0 Å². The predicted molar refractivity (Wildman–Crippen MR) is 49.6 cm³/mol. The molecule has 0 aliphatic rings. The van der Waals surface area contributed by atoms with E-state index in [0.717, 1.165) is 16.3 Å². The van der Waals surface area contributed by atoms with Crippen molar-refractivity contribution in [2.75, 3.05) is 0 Å². The fraction of sp³-hybridized carbons (Fsp3) is 0. The second-order valence-electron chi connectivity index (χ2n) is 2.59. The zero-order chi connectivity index (χ0) is 8.39. The quantitative estimate of drug-likeness (QED) is 0.631. The van der Waals surface area contributed by atoms with Crippen molar-refractivity contribution in [2.45, 2.75) is 0 Å². The molecule has 0 aliphatic heterocycles. The van der Waals surface area contributed by atoms with Crippen molar-refractivity contribution >= 4 is 17.0 Å². The van der Waals surface area contributed by atoms with Gasteiger partial charge >= 0.3 is 0 Å². The third kappa shape index (κ3) is 0.975. The van der Waals surface area contributed by atoms with Crippen LogP contribution >= 0.6 is 0 Å². The van der Waals surface area contributed by atoms with Crippen molar-refractivity contribution < 1.29 is 0 Å². The highest BCUT2D eigenvalue weighted by molar-refractivity contribution is 5.98. The summed E-state index contributed by atoms with van der Waals surface area (Å²) in [5, 5.41) is 9.35. The molecule has 1 N–H and O–H groups in total. The lowest BCUT2D eigenvalue weighted by Gasteiger charge is -1.98. The Balaban J connectivity index is 2.88. The molecule has 2 aromatic rings. The fourth-order valence-electron chi connectivity index (χ4n) is 1.27. The van der Waals surface area contributed by atoms with Crippen LogP contribution in [0, 0.1) is 5.41 Å². The molecule has 0 saturated heterocycles. The van der Waals surface area contributed by atoms with E-state index in [-0.39, 0.29) is 0 Å². The van der Waals surface area contributed by atoms with E-state index in [9.17, 15) is 0 Å². The van der Waals surface area contributed by atoms with E-state index in [1.54, 1.807) is 6.20 Å². The van der Waals surface area contributed by atoms with Crippen LogP contribution in [0.2, 0.25) is 0 Å². The van der Waals surface area contributed by atoms with Crippen molar-refractivity contribution in [3.05, 3.63) is 42.2 Å². The molecule has 0 atom stereocenters. The summed E-state index contributed by atoms with van der Waals surface area (Å²) in [6.07, 6.45) is 4.92. The first-order chi connectivity index (χ1) is 5.92. The normalized spacial score (nSPS) is 10.0. The van der Waals surface area contributed by atoms with Gasteiger partial charge in [-0.2, -0.15) is 0 Å². The highest BCUT2D eigenvalue weighted by atomic mass is 14.6. The summed E-state index contributed by atoms with van der Waals surface area (Å²) in [7, 11) is 0. The molecular formula is C10H8N2. The SMILES string of the molecule is N=Cc1cccc2cnccc12.